The number of nitriles is 1. The van der Waals surface area contributed by atoms with Gasteiger partial charge in [0.2, 0.25) is 0 Å². The second-order valence-corrected chi connectivity index (χ2v) is 4.63. The summed E-state index contributed by atoms with van der Waals surface area (Å²) in [5.74, 6) is -0.275. The van der Waals surface area contributed by atoms with Gasteiger partial charge in [0, 0.05) is 11.4 Å². The Bertz CT molecular complexity index is 483. The lowest BCUT2D eigenvalue weighted by Crippen LogP contribution is -2.31. The summed E-state index contributed by atoms with van der Waals surface area (Å²) in [4.78, 5) is 14.4. The zero-order chi connectivity index (χ0) is 14.3. The van der Waals surface area contributed by atoms with Crippen molar-refractivity contribution < 1.29 is 9.53 Å². The average Bonchev–Trinajstić information content (AvgIpc) is 2.44. The smallest absolute Gasteiger partial charge is 0.325 e. The third kappa shape index (κ3) is 3.90. The predicted molar refractivity (Wildman–Crippen MR) is 77.5 cm³/mol. The maximum Gasteiger partial charge on any atom is 0.325 e. The second-order valence-electron chi connectivity index (χ2n) is 3.79. The fourth-order valence-electron chi connectivity index (χ4n) is 1.80. The molecule has 0 bridgehead atoms. The molecule has 0 spiro atoms. The fourth-order valence-corrected chi connectivity index (χ4v) is 2.36. The lowest BCUT2D eigenvalue weighted by Gasteiger charge is -2.23. The van der Waals surface area contributed by atoms with Crippen molar-refractivity contribution in [3.8, 4) is 6.07 Å². The number of carbonyl (C=O) groups excluding carboxylic acids is 1. The fraction of sp³-hybridized carbons (Fsp3) is 0.429. The van der Waals surface area contributed by atoms with Crippen LogP contribution in [0.5, 0.6) is 0 Å². The lowest BCUT2D eigenvalue weighted by molar-refractivity contribution is -0.141. The minimum Gasteiger partial charge on any atom is -0.465 e. The molecule has 1 aromatic rings. The first-order valence-corrected chi connectivity index (χ1v) is 7.38. The topological polar surface area (TPSA) is 53.3 Å². The van der Waals surface area contributed by atoms with Gasteiger partial charge in [-0.1, -0.05) is 6.07 Å². The van der Waals surface area contributed by atoms with E-state index in [1.807, 2.05) is 36.3 Å². The molecule has 0 unspecified atom stereocenters. The van der Waals surface area contributed by atoms with Crippen molar-refractivity contribution in [2.24, 2.45) is 0 Å². The number of ether oxygens (including phenoxy) is 1. The van der Waals surface area contributed by atoms with Crippen LogP contribution in [-0.4, -0.2) is 31.9 Å². The number of hydrogen-bond acceptors (Lipinski definition) is 5. The summed E-state index contributed by atoms with van der Waals surface area (Å²) < 4.78 is 4.96. The molecule has 0 N–H and O–H groups in total. The molecule has 0 radical (unpaired) electrons. The number of benzene rings is 1. The van der Waals surface area contributed by atoms with Gasteiger partial charge in [0.15, 0.2) is 0 Å². The van der Waals surface area contributed by atoms with Crippen molar-refractivity contribution in [1.29, 1.82) is 5.26 Å². The third-order valence-corrected chi connectivity index (χ3v) is 3.46. The number of anilines is 1. The van der Waals surface area contributed by atoms with Crippen molar-refractivity contribution in [3.05, 3.63) is 23.8 Å². The van der Waals surface area contributed by atoms with Gasteiger partial charge in [-0.05, 0) is 32.2 Å². The van der Waals surface area contributed by atoms with Crippen LogP contribution in [0.1, 0.15) is 19.4 Å². The molecule has 0 aliphatic carbocycles. The number of likely N-dealkylation sites (N-methyl/N-ethyl adjacent to an activating group) is 1. The Hall–Kier alpha value is -1.67. The average molecular weight is 278 g/mol. The third-order valence-electron chi connectivity index (χ3n) is 2.68. The van der Waals surface area contributed by atoms with Crippen molar-refractivity contribution >= 4 is 23.4 Å². The SMILES string of the molecule is CCOC(=O)CN(CC)c1cccc(SC)c1C#N. The molecule has 0 atom stereocenters. The number of carbonyl (C=O) groups is 1. The second kappa shape index (κ2) is 7.70. The van der Waals surface area contributed by atoms with Gasteiger partial charge in [-0.15, -0.1) is 11.8 Å². The molecule has 0 fully saturated rings. The summed E-state index contributed by atoms with van der Waals surface area (Å²) in [6.07, 6.45) is 1.93. The van der Waals surface area contributed by atoms with Gasteiger partial charge in [0.1, 0.15) is 12.6 Å². The van der Waals surface area contributed by atoms with Gasteiger partial charge in [-0.25, -0.2) is 0 Å². The zero-order valence-corrected chi connectivity index (χ0v) is 12.3. The predicted octanol–water partition coefficient (Wildman–Crippen LogP) is 2.67. The Morgan fingerprint density at radius 3 is 2.74 bits per heavy atom. The number of hydrogen-bond donors (Lipinski definition) is 0. The molecule has 1 rings (SSSR count). The van der Waals surface area contributed by atoms with E-state index in [4.69, 9.17) is 4.74 Å². The molecule has 0 aliphatic rings. The number of nitrogens with zero attached hydrogens (tertiary/aromatic N) is 2. The highest BCUT2D eigenvalue weighted by molar-refractivity contribution is 7.98. The highest BCUT2D eigenvalue weighted by Crippen LogP contribution is 2.28. The van der Waals surface area contributed by atoms with Gasteiger partial charge >= 0.3 is 5.97 Å². The molecule has 0 aliphatic heterocycles. The standard InChI is InChI=1S/C14H18N2O2S/c1-4-16(10-14(17)18-5-2)12-7-6-8-13(19-3)11(12)9-15/h6-8H,4-5,10H2,1-3H3. The van der Waals surface area contributed by atoms with Crippen LogP contribution in [0.4, 0.5) is 5.69 Å². The molecule has 0 saturated carbocycles. The van der Waals surface area contributed by atoms with E-state index in [2.05, 4.69) is 6.07 Å². The Morgan fingerprint density at radius 2 is 2.21 bits per heavy atom. The maximum absolute atomic E-state index is 11.6. The summed E-state index contributed by atoms with van der Waals surface area (Å²) in [6.45, 7) is 4.91. The normalized spacial score (nSPS) is 9.79. The molecular formula is C14H18N2O2S. The van der Waals surface area contributed by atoms with Crippen LogP contribution in [0.3, 0.4) is 0 Å². The molecule has 0 aromatic heterocycles. The van der Waals surface area contributed by atoms with Gasteiger partial charge in [0.25, 0.3) is 0 Å². The Balaban J connectivity index is 3.05. The molecule has 5 heteroatoms. The lowest BCUT2D eigenvalue weighted by atomic mass is 10.1. The summed E-state index contributed by atoms with van der Waals surface area (Å²) in [6, 6.07) is 7.89. The van der Waals surface area contributed by atoms with E-state index < -0.39 is 0 Å². The van der Waals surface area contributed by atoms with Crippen LogP contribution in [-0.2, 0) is 9.53 Å². The van der Waals surface area contributed by atoms with Crippen LogP contribution >= 0.6 is 11.8 Å². The summed E-state index contributed by atoms with van der Waals surface area (Å²) in [7, 11) is 0. The molecule has 19 heavy (non-hydrogen) atoms. The highest BCUT2D eigenvalue weighted by atomic mass is 32.2. The van der Waals surface area contributed by atoms with E-state index in [0.717, 1.165) is 10.6 Å². The van der Waals surface area contributed by atoms with Crippen molar-refractivity contribution in [2.45, 2.75) is 18.7 Å². The quantitative estimate of drug-likeness (QED) is 0.591. The van der Waals surface area contributed by atoms with Crippen molar-refractivity contribution in [3.63, 3.8) is 0 Å². The van der Waals surface area contributed by atoms with Crippen LogP contribution in [0, 0.1) is 11.3 Å². The number of thioether (sulfide) groups is 1. The van der Waals surface area contributed by atoms with Gasteiger partial charge in [0.05, 0.1) is 17.9 Å². The zero-order valence-electron chi connectivity index (χ0n) is 11.5. The van der Waals surface area contributed by atoms with Crippen molar-refractivity contribution in [1.82, 2.24) is 0 Å². The molecule has 0 saturated heterocycles. The van der Waals surface area contributed by atoms with Crippen molar-refractivity contribution in [2.75, 3.05) is 30.9 Å². The van der Waals surface area contributed by atoms with Gasteiger partial charge in [-0.2, -0.15) is 5.26 Å². The Labute approximate surface area is 118 Å². The first-order valence-electron chi connectivity index (χ1n) is 6.15. The van der Waals surface area contributed by atoms with E-state index in [1.165, 1.54) is 11.8 Å². The maximum atomic E-state index is 11.6. The summed E-state index contributed by atoms with van der Waals surface area (Å²) in [5.41, 5.74) is 1.39. The molecule has 102 valence electrons. The van der Waals surface area contributed by atoms with Crippen LogP contribution in [0.15, 0.2) is 23.1 Å². The largest absolute Gasteiger partial charge is 0.465 e. The Kier molecular flexibility index (Phi) is 6.23. The molecule has 1 aromatic carbocycles. The van der Waals surface area contributed by atoms with Crippen LogP contribution in [0.25, 0.3) is 0 Å². The first-order chi connectivity index (χ1) is 9.17. The Morgan fingerprint density at radius 1 is 1.47 bits per heavy atom. The highest BCUT2D eigenvalue weighted by Gasteiger charge is 2.16. The van der Waals surface area contributed by atoms with E-state index in [1.54, 1.807) is 6.92 Å². The van der Waals surface area contributed by atoms with E-state index in [-0.39, 0.29) is 12.5 Å². The number of rotatable bonds is 6. The minimum absolute atomic E-state index is 0.164. The van der Waals surface area contributed by atoms with Crippen LogP contribution in [0.2, 0.25) is 0 Å². The number of esters is 1. The first kappa shape index (κ1) is 15.4. The summed E-state index contributed by atoms with van der Waals surface area (Å²) in [5, 5.41) is 9.31. The monoisotopic (exact) mass is 278 g/mol. The van der Waals surface area contributed by atoms with Gasteiger partial charge in [-0.3, -0.25) is 4.79 Å². The van der Waals surface area contributed by atoms with E-state index >= 15 is 0 Å². The molecular weight excluding hydrogens is 260 g/mol. The van der Waals surface area contributed by atoms with E-state index in [9.17, 15) is 10.1 Å². The minimum atomic E-state index is -0.275. The van der Waals surface area contributed by atoms with Gasteiger partial charge < -0.3 is 9.64 Å². The van der Waals surface area contributed by atoms with E-state index in [0.29, 0.717) is 18.7 Å². The molecule has 4 nitrogen and oxygen atoms in total. The van der Waals surface area contributed by atoms with Crippen LogP contribution < -0.4 is 4.90 Å². The molecule has 0 heterocycles. The summed E-state index contributed by atoms with van der Waals surface area (Å²) >= 11 is 1.53. The molecule has 0 amide bonds.